The van der Waals surface area contributed by atoms with Crippen molar-refractivity contribution in [2.45, 2.75) is 33.0 Å². The van der Waals surface area contributed by atoms with Crippen LogP contribution in [-0.2, 0) is 16.1 Å². The first-order valence-electron chi connectivity index (χ1n) is 8.50. The van der Waals surface area contributed by atoms with Crippen molar-refractivity contribution in [3.8, 4) is 0 Å². The van der Waals surface area contributed by atoms with Gasteiger partial charge in [-0.15, -0.1) is 0 Å². The van der Waals surface area contributed by atoms with E-state index in [2.05, 4.69) is 15.9 Å². The van der Waals surface area contributed by atoms with Crippen LogP contribution in [0.1, 0.15) is 36.8 Å². The molecule has 3 aromatic rings. The van der Waals surface area contributed by atoms with Crippen LogP contribution in [0.25, 0.3) is 10.9 Å². The van der Waals surface area contributed by atoms with E-state index in [4.69, 9.17) is 9.47 Å². The number of hydrogen-bond donors (Lipinski definition) is 0. The van der Waals surface area contributed by atoms with E-state index in [9.17, 15) is 9.59 Å². The minimum absolute atomic E-state index is 0.124. The highest BCUT2D eigenvalue weighted by atomic mass is 79.9. The molecule has 0 spiro atoms. The molecule has 27 heavy (non-hydrogen) atoms. The number of halogens is 1. The number of carbonyl (C=O) groups excluding carboxylic acids is 2. The van der Waals surface area contributed by atoms with Gasteiger partial charge in [0.1, 0.15) is 17.9 Å². The van der Waals surface area contributed by atoms with Crippen molar-refractivity contribution in [1.29, 1.82) is 0 Å². The van der Waals surface area contributed by atoms with E-state index in [-0.39, 0.29) is 12.3 Å². The van der Waals surface area contributed by atoms with Crippen LogP contribution in [0.2, 0.25) is 0 Å². The molecule has 0 bridgehead atoms. The Bertz CT molecular complexity index is 987. The normalized spacial score (nSPS) is 11.4. The molecular formula is C21H20BrNO4. The van der Waals surface area contributed by atoms with Gasteiger partial charge in [-0.2, -0.15) is 0 Å². The lowest BCUT2D eigenvalue weighted by Gasteiger charge is -2.20. The number of esters is 1. The molecule has 0 aliphatic rings. The van der Waals surface area contributed by atoms with Crippen LogP contribution in [0.4, 0.5) is 4.79 Å². The van der Waals surface area contributed by atoms with Crippen molar-refractivity contribution in [3.05, 3.63) is 70.3 Å². The van der Waals surface area contributed by atoms with Gasteiger partial charge in [0, 0.05) is 9.86 Å². The first-order chi connectivity index (χ1) is 12.7. The van der Waals surface area contributed by atoms with Crippen LogP contribution in [0, 0.1) is 0 Å². The standard InChI is InChI=1S/C21H20BrNO4/c1-21(2,3)27-20(25)23-17-10-9-16(22)11-15(17)12-18(23)19(24)26-13-14-7-5-4-6-8-14/h4-12H,13H2,1-3H3. The first-order valence-corrected chi connectivity index (χ1v) is 9.29. The van der Waals surface area contributed by atoms with Gasteiger partial charge in [0.15, 0.2) is 0 Å². The van der Waals surface area contributed by atoms with Gasteiger partial charge in [-0.05, 0) is 50.6 Å². The Morgan fingerprint density at radius 2 is 1.74 bits per heavy atom. The molecule has 0 unspecified atom stereocenters. The summed E-state index contributed by atoms with van der Waals surface area (Å²) >= 11 is 3.41. The van der Waals surface area contributed by atoms with Gasteiger partial charge in [0.25, 0.3) is 0 Å². The first kappa shape index (κ1) is 19.2. The summed E-state index contributed by atoms with van der Waals surface area (Å²) < 4.78 is 13.0. The smallest absolute Gasteiger partial charge is 0.419 e. The van der Waals surface area contributed by atoms with Crippen LogP contribution >= 0.6 is 15.9 Å². The highest BCUT2D eigenvalue weighted by molar-refractivity contribution is 9.10. The summed E-state index contributed by atoms with van der Waals surface area (Å²) in [7, 11) is 0. The Morgan fingerprint density at radius 1 is 1.04 bits per heavy atom. The average Bonchev–Trinajstić information content (AvgIpc) is 2.97. The Hall–Kier alpha value is -2.60. The molecule has 0 N–H and O–H groups in total. The summed E-state index contributed by atoms with van der Waals surface area (Å²) in [6.07, 6.45) is -0.619. The summed E-state index contributed by atoms with van der Waals surface area (Å²) in [5, 5.41) is 0.738. The van der Waals surface area contributed by atoms with E-state index in [1.165, 1.54) is 4.57 Å². The lowest BCUT2D eigenvalue weighted by Crippen LogP contribution is -2.29. The number of aromatic nitrogens is 1. The Labute approximate surface area is 166 Å². The van der Waals surface area contributed by atoms with Gasteiger partial charge in [0.2, 0.25) is 0 Å². The molecule has 140 valence electrons. The molecule has 0 saturated carbocycles. The maximum Gasteiger partial charge on any atom is 0.419 e. The minimum Gasteiger partial charge on any atom is -0.456 e. The fourth-order valence-electron chi connectivity index (χ4n) is 2.64. The minimum atomic E-state index is -0.686. The van der Waals surface area contributed by atoms with Crippen LogP contribution < -0.4 is 0 Å². The molecule has 0 amide bonds. The molecule has 2 aromatic carbocycles. The maximum atomic E-state index is 12.7. The van der Waals surface area contributed by atoms with E-state index in [0.29, 0.717) is 5.52 Å². The number of benzene rings is 2. The number of rotatable bonds is 3. The van der Waals surface area contributed by atoms with Crippen LogP contribution in [0.3, 0.4) is 0 Å². The van der Waals surface area contributed by atoms with Crippen LogP contribution in [-0.4, -0.2) is 22.2 Å². The average molecular weight is 430 g/mol. The zero-order valence-corrected chi connectivity index (χ0v) is 16.9. The van der Waals surface area contributed by atoms with Crippen molar-refractivity contribution >= 4 is 38.9 Å². The predicted octanol–water partition coefficient (Wildman–Crippen LogP) is 5.54. The summed E-state index contributed by atoms with van der Waals surface area (Å²) in [5.41, 5.74) is 0.898. The number of fused-ring (bicyclic) bond motifs is 1. The van der Waals surface area contributed by atoms with Gasteiger partial charge in [-0.25, -0.2) is 14.2 Å². The Kier molecular flexibility index (Phi) is 5.37. The van der Waals surface area contributed by atoms with Gasteiger partial charge in [-0.3, -0.25) is 0 Å². The van der Waals surface area contributed by atoms with Gasteiger partial charge in [0.05, 0.1) is 5.52 Å². The number of ether oxygens (including phenoxy) is 2. The van der Waals surface area contributed by atoms with Crippen molar-refractivity contribution in [1.82, 2.24) is 4.57 Å². The Morgan fingerprint density at radius 3 is 2.41 bits per heavy atom. The van der Waals surface area contributed by atoms with Gasteiger partial charge >= 0.3 is 12.1 Å². The summed E-state index contributed by atoms with van der Waals surface area (Å²) in [6.45, 7) is 5.46. The van der Waals surface area contributed by atoms with Crippen LogP contribution in [0.15, 0.2) is 59.1 Å². The van der Waals surface area contributed by atoms with Crippen molar-refractivity contribution in [3.63, 3.8) is 0 Å². The molecule has 0 fully saturated rings. The highest BCUT2D eigenvalue weighted by Crippen LogP contribution is 2.26. The topological polar surface area (TPSA) is 57.5 Å². The lowest BCUT2D eigenvalue weighted by atomic mass is 10.2. The van der Waals surface area contributed by atoms with Gasteiger partial charge < -0.3 is 9.47 Å². The van der Waals surface area contributed by atoms with Gasteiger partial charge in [-0.1, -0.05) is 46.3 Å². The molecule has 0 aliphatic heterocycles. The van der Waals surface area contributed by atoms with E-state index in [1.54, 1.807) is 32.9 Å². The second-order valence-corrected chi connectivity index (χ2v) is 8.03. The van der Waals surface area contributed by atoms with E-state index in [1.807, 2.05) is 42.5 Å². The highest BCUT2D eigenvalue weighted by Gasteiger charge is 2.26. The van der Waals surface area contributed by atoms with E-state index < -0.39 is 17.7 Å². The zero-order valence-electron chi connectivity index (χ0n) is 15.4. The number of carbonyl (C=O) groups is 2. The third-order valence-electron chi connectivity index (χ3n) is 3.76. The largest absolute Gasteiger partial charge is 0.456 e. The van der Waals surface area contributed by atoms with E-state index >= 15 is 0 Å². The van der Waals surface area contributed by atoms with Crippen LogP contribution in [0.5, 0.6) is 0 Å². The van der Waals surface area contributed by atoms with E-state index in [0.717, 1.165) is 15.4 Å². The third kappa shape index (κ3) is 4.57. The molecule has 0 aliphatic carbocycles. The molecule has 0 radical (unpaired) electrons. The fraction of sp³-hybridized carbons (Fsp3) is 0.238. The predicted molar refractivity (Wildman–Crippen MR) is 107 cm³/mol. The maximum absolute atomic E-state index is 12.7. The molecule has 1 aromatic heterocycles. The lowest BCUT2D eigenvalue weighted by molar-refractivity contribution is 0.0418. The zero-order chi connectivity index (χ0) is 19.6. The third-order valence-corrected chi connectivity index (χ3v) is 4.25. The molecule has 3 rings (SSSR count). The number of hydrogen-bond acceptors (Lipinski definition) is 4. The second-order valence-electron chi connectivity index (χ2n) is 7.11. The molecular weight excluding hydrogens is 410 g/mol. The SMILES string of the molecule is CC(C)(C)OC(=O)n1c(C(=O)OCc2ccccc2)cc2cc(Br)ccc21. The van der Waals surface area contributed by atoms with Crippen molar-refractivity contribution in [2.24, 2.45) is 0 Å². The molecule has 5 nitrogen and oxygen atoms in total. The molecule has 6 heteroatoms. The molecule has 0 atom stereocenters. The summed E-state index contributed by atoms with van der Waals surface area (Å²) in [4.78, 5) is 25.4. The summed E-state index contributed by atoms with van der Waals surface area (Å²) in [5.74, 6) is -0.586. The quantitative estimate of drug-likeness (QED) is 0.512. The number of nitrogens with zero attached hydrogens (tertiary/aromatic N) is 1. The molecule has 0 saturated heterocycles. The second kappa shape index (κ2) is 7.56. The van der Waals surface area contributed by atoms with Crippen molar-refractivity contribution < 1.29 is 19.1 Å². The monoisotopic (exact) mass is 429 g/mol. The fourth-order valence-corrected chi connectivity index (χ4v) is 3.02. The molecule has 1 heterocycles. The summed E-state index contributed by atoms with van der Waals surface area (Å²) in [6, 6.07) is 16.4. The Balaban J connectivity index is 1.96. The van der Waals surface area contributed by atoms with Crippen molar-refractivity contribution in [2.75, 3.05) is 0 Å².